The summed E-state index contributed by atoms with van der Waals surface area (Å²) < 4.78 is 21.9. The normalized spacial score (nSPS) is 18.1. The van der Waals surface area contributed by atoms with E-state index in [4.69, 9.17) is 9.79 Å². The number of hydrogen-bond donors (Lipinski definition) is 4. The Kier molecular flexibility index (Phi) is 11.6. The van der Waals surface area contributed by atoms with Crippen LogP contribution in [0.3, 0.4) is 0 Å². The van der Waals surface area contributed by atoms with Gasteiger partial charge in [0.25, 0.3) is 5.91 Å². The molecule has 0 spiro atoms. The molecule has 0 bridgehead atoms. The molecule has 23 heavy (non-hydrogen) atoms. The maximum Gasteiger partial charge on any atom is 1.00 e. The number of hydrogen-bond acceptors (Lipinski definition) is 6. The van der Waals surface area contributed by atoms with Crippen molar-refractivity contribution >= 4 is 21.1 Å². The molecule has 0 aromatic heterocycles. The second-order valence-corrected chi connectivity index (χ2v) is 8.10. The van der Waals surface area contributed by atoms with Crippen LogP contribution in [0, 0.1) is 0 Å². The zero-order valence-corrected chi connectivity index (χ0v) is 18.4. The second-order valence-electron chi connectivity index (χ2n) is 4.19. The van der Waals surface area contributed by atoms with Gasteiger partial charge in [-0.15, -0.1) is 0 Å². The van der Waals surface area contributed by atoms with Crippen molar-refractivity contribution in [2.45, 2.75) is 11.5 Å². The van der Waals surface area contributed by atoms with E-state index in [1.807, 2.05) is 0 Å². The molecule has 0 aliphatic carbocycles. The smallest absolute Gasteiger partial charge is 0.776 e. The Labute approximate surface area is 176 Å². The number of rotatable bonds is 6. The average molecular weight is 383 g/mol. The molecule has 13 heteroatoms. The number of carbonyl (C=O) groups is 1. The molecule has 0 saturated heterocycles. The van der Waals surface area contributed by atoms with Crippen molar-refractivity contribution in [2.75, 3.05) is 6.54 Å². The van der Waals surface area contributed by atoms with Crippen molar-refractivity contribution in [3.63, 3.8) is 0 Å². The van der Waals surface area contributed by atoms with E-state index in [1.165, 1.54) is 12.1 Å². The summed E-state index contributed by atoms with van der Waals surface area (Å²) >= 11 is 0. The molecule has 4 N–H and O–H groups in total. The van der Waals surface area contributed by atoms with Crippen LogP contribution in [0.25, 0.3) is 0 Å². The number of nitrogens with one attached hydrogen (secondary N) is 1. The first-order chi connectivity index (χ1) is 9.49. The first kappa shape index (κ1) is 26.2. The third-order valence-corrected chi connectivity index (χ3v) is 6.46. The van der Waals surface area contributed by atoms with Crippen LogP contribution in [0.1, 0.15) is 16.8 Å². The summed E-state index contributed by atoms with van der Waals surface area (Å²) in [6.07, 6.45) is -1.12. The van der Waals surface area contributed by atoms with Gasteiger partial charge >= 0.3 is 59.1 Å². The molecule has 0 fully saturated rings. The van der Waals surface area contributed by atoms with Crippen LogP contribution < -0.4 is 74.2 Å². The Morgan fingerprint density at radius 2 is 1.52 bits per heavy atom. The Hall–Kier alpha value is 0.950. The van der Waals surface area contributed by atoms with Gasteiger partial charge in [-0.05, 0) is 12.1 Å². The van der Waals surface area contributed by atoms with Gasteiger partial charge in [0.15, 0.2) is 20.3 Å². The predicted octanol–water partition coefficient (Wildman–Crippen LogP) is -7.45. The fourth-order valence-electron chi connectivity index (χ4n) is 1.48. The number of carbonyl (C=O) groups excluding carboxylic acids is 1. The zero-order chi connectivity index (χ0) is 16.3. The van der Waals surface area contributed by atoms with Gasteiger partial charge in [0.1, 0.15) is 0 Å². The molecule has 0 saturated carbocycles. The third kappa shape index (κ3) is 6.99. The monoisotopic (exact) mass is 383 g/mol. The molecule has 0 aliphatic heterocycles. The fraction of sp³-hybridized carbons (Fsp3) is 0.300. The van der Waals surface area contributed by atoms with E-state index >= 15 is 0 Å². The molecular weight excluding hydrogens is 370 g/mol. The molecule has 1 rings (SSSR count). The average Bonchev–Trinajstić information content (AvgIpc) is 2.36. The summed E-state index contributed by atoms with van der Waals surface area (Å²) in [5.74, 6) is -0.643. The third-order valence-electron chi connectivity index (χ3n) is 2.69. The van der Waals surface area contributed by atoms with Crippen molar-refractivity contribution < 1.29 is 97.7 Å². The first-order valence-electron chi connectivity index (χ1n) is 5.62. The molecule has 9 nitrogen and oxygen atoms in total. The van der Waals surface area contributed by atoms with Crippen LogP contribution >= 0.6 is 15.2 Å². The number of amides is 1. The summed E-state index contributed by atoms with van der Waals surface area (Å²) in [4.78, 5) is 51.0. The van der Waals surface area contributed by atoms with Gasteiger partial charge in [-0.25, -0.2) is 0 Å². The minimum atomic E-state index is -5.81. The van der Waals surface area contributed by atoms with Gasteiger partial charge in [-0.2, -0.15) is 0 Å². The summed E-state index contributed by atoms with van der Waals surface area (Å²) in [5, 5.41) is 7.88. The molecule has 2 atom stereocenters. The molecule has 0 aliphatic rings. The van der Waals surface area contributed by atoms with Gasteiger partial charge in [-0.3, -0.25) is 4.79 Å². The minimum Gasteiger partial charge on any atom is -0.776 e. The topological polar surface area (TPSA) is 170 Å². The van der Waals surface area contributed by atoms with E-state index in [0.717, 1.165) is 0 Å². The van der Waals surface area contributed by atoms with Crippen molar-refractivity contribution in [1.29, 1.82) is 0 Å². The number of aliphatic hydroxyl groups is 1. The van der Waals surface area contributed by atoms with Crippen LogP contribution in [0.4, 0.5) is 0 Å². The van der Waals surface area contributed by atoms with Crippen LogP contribution in [0.2, 0.25) is 0 Å². The Bertz CT molecular complexity index is 580. The zero-order valence-electron chi connectivity index (χ0n) is 12.6. The Morgan fingerprint density at radius 3 is 1.91 bits per heavy atom. The van der Waals surface area contributed by atoms with Crippen molar-refractivity contribution in [3.8, 4) is 0 Å². The van der Waals surface area contributed by atoms with Gasteiger partial charge < -0.3 is 39.1 Å². The molecule has 0 radical (unpaired) electrons. The molecule has 1 aromatic rings. The van der Waals surface area contributed by atoms with E-state index in [0.29, 0.717) is 0 Å². The minimum absolute atomic E-state index is 0. The predicted molar refractivity (Wildman–Crippen MR) is 68.0 cm³/mol. The van der Waals surface area contributed by atoms with Gasteiger partial charge in [0.05, 0.1) is 0 Å². The maximum absolute atomic E-state index is 11.6. The van der Waals surface area contributed by atoms with E-state index in [-0.39, 0.29) is 64.7 Å². The molecule has 2 unspecified atom stereocenters. The SMILES string of the molecule is O=C(NCCC(O)(P(=O)([O-])O)P(=O)([O-])O)c1ccccc1.[Na+].[Na+]. The summed E-state index contributed by atoms with van der Waals surface area (Å²) in [7, 11) is -11.6. The van der Waals surface area contributed by atoms with E-state index in [9.17, 15) is 28.8 Å². The first-order valence-corrected chi connectivity index (χ1v) is 8.78. The standard InChI is InChI=1S/C10H15NO8P2.2Na/c12-9(8-4-2-1-3-5-8)11-7-6-10(13,20(14,15)16)21(17,18)19;;/h1-5,13H,6-7H2,(H,11,12)(H2,14,15,16)(H2,17,18,19);;/q;2*+1/p-2. The van der Waals surface area contributed by atoms with Crippen LogP contribution in [-0.2, 0) is 9.13 Å². The summed E-state index contributed by atoms with van der Waals surface area (Å²) in [6, 6.07) is 7.72. The molecule has 1 aromatic carbocycles. The van der Waals surface area contributed by atoms with E-state index in [1.54, 1.807) is 18.2 Å². The molecular formula is C10H13NNa2O8P2. The largest absolute Gasteiger partial charge is 1.00 e. The van der Waals surface area contributed by atoms with Gasteiger partial charge in [0, 0.05) is 18.5 Å². The Morgan fingerprint density at radius 1 is 1.09 bits per heavy atom. The van der Waals surface area contributed by atoms with Crippen molar-refractivity contribution in [1.82, 2.24) is 5.32 Å². The van der Waals surface area contributed by atoms with E-state index < -0.39 is 39.1 Å². The van der Waals surface area contributed by atoms with Crippen molar-refractivity contribution in [3.05, 3.63) is 35.9 Å². The quantitative estimate of drug-likeness (QED) is 0.277. The molecule has 0 heterocycles. The second kappa shape index (κ2) is 10.2. The van der Waals surface area contributed by atoms with Gasteiger partial charge in [-0.1, -0.05) is 18.2 Å². The van der Waals surface area contributed by atoms with E-state index in [2.05, 4.69) is 5.32 Å². The maximum atomic E-state index is 11.6. The summed E-state index contributed by atoms with van der Waals surface area (Å²) in [5.41, 5.74) is 0.227. The Balaban J connectivity index is 0. The molecule has 1 amide bonds. The number of benzene rings is 1. The van der Waals surface area contributed by atoms with Gasteiger partial charge in [0.2, 0.25) is 0 Å². The van der Waals surface area contributed by atoms with Crippen LogP contribution in [0.5, 0.6) is 0 Å². The van der Waals surface area contributed by atoms with Crippen molar-refractivity contribution in [2.24, 2.45) is 0 Å². The van der Waals surface area contributed by atoms with Crippen LogP contribution in [0.15, 0.2) is 30.3 Å². The molecule has 118 valence electrons. The van der Waals surface area contributed by atoms with Crippen LogP contribution in [-0.4, -0.2) is 32.4 Å². The fourth-order valence-corrected chi connectivity index (χ4v) is 3.54. The summed E-state index contributed by atoms with van der Waals surface area (Å²) in [6.45, 7) is -0.607.